The van der Waals surface area contributed by atoms with Gasteiger partial charge in [0.2, 0.25) is 0 Å². The summed E-state index contributed by atoms with van der Waals surface area (Å²) in [6.45, 7) is 0. The molecule has 1 N–H and O–H groups in total. The molecule has 0 radical (unpaired) electrons. The molecule has 5 rings (SSSR count). The van der Waals surface area contributed by atoms with Crippen molar-refractivity contribution >= 4 is 50.4 Å². The lowest BCUT2D eigenvalue weighted by molar-refractivity contribution is -0.139. The summed E-state index contributed by atoms with van der Waals surface area (Å²) in [5.41, 5.74) is 4.47. The maximum Gasteiger partial charge on any atom is 0.309 e. The number of carbonyl (C=O) groups is 2. The maximum absolute atomic E-state index is 13.5. The predicted molar refractivity (Wildman–Crippen MR) is 152 cm³/mol. The van der Waals surface area contributed by atoms with E-state index in [9.17, 15) is 9.59 Å². The van der Waals surface area contributed by atoms with Crippen LogP contribution in [0.25, 0.3) is 32.9 Å². The number of halogens is 1. The topological polar surface area (TPSA) is 127 Å². The molecular weight excluding hydrogens is 550 g/mol. The molecule has 0 fully saturated rings. The van der Waals surface area contributed by atoms with Crippen molar-refractivity contribution in [1.29, 1.82) is 5.26 Å². The third-order valence-electron chi connectivity index (χ3n) is 6.01. The number of anilines is 1. The zero-order chi connectivity index (χ0) is 28.2. The number of methoxy groups -OCH3 is 2. The number of hydrogen-bond donors (Lipinski definition) is 1. The summed E-state index contributed by atoms with van der Waals surface area (Å²) >= 11 is 7.47. The van der Waals surface area contributed by atoms with Crippen LogP contribution >= 0.6 is 22.9 Å². The van der Waals surface area contributed by atoms with Crippen LogP contribution in [0, 0.1) is 11.3 Å². The third-order valence-corrected chi connectivity index (χ3v) is 7.10. The Bertz CT molecular complexity index is 1800. The van der Waals surface area contributed by atoms with Crippen LogP contribution in [-0.2, 0) is 16.0 Å². The minimum atomic E-state index is -0.423. The second kappa shape index (κ2) is 11.5. The van der Waals surface area contributed by atoms with E-state index in [1.807, 2.05) is 0 Å². The molecule has 5 aromatic rings. The lowest BCUT2D eigenvalue weighted by Crippen LogP contribution is -2.14. The molecular formula is C29H20ClN5O4S. The van der Waals surface area contributed by atoms with Gasteiger partial charge in [-0.2, -0.15) is 10.2 Å². The van der Waals surface area contributed by atoms with Crippen LogP contribution < -0.4 is 10.1 Å². The van der Waals surface area contributed by atoms with Crippen LogP contribution in [-0.4, -0.2) is 41.0 Å². The van der Waals surface area contributed by atoms with Crippen molar-refractivity contribution in [2.75, 3.05) is 19.5 Å². The van der Waals surface area contributed by atoms with Crippen molar-refractivity contribution in [3.63, 3.8) is 0 Å². The van der Waals surface area contributed by atoms with Gasteiger partial charge >= 0.3 is 5.97 Å². The molecule has 0 atom stereocenters. The summed E-state index contributed by atoms with van der Waals surface area (Å²) in [5.74, 6) is -0.318. The summed E-state index contributed by atoms with van der Waals surface area (Å²) in [6.07, 6.45) is 1.63. The van der Waals surface area contributed by atoms with Crippen LogP contribution in [0.4, 0.5) is 5.13 Å². The van der Waals surface area contributed by atoms with Crippen molar-refractivity contribution in [1.82, 2.24) is 15.0 Å². The van der Waals surface area contributed by atoms with Gasteiger partial charge in [-0.15, -0.1) is 0 Å². The Morgan fingerprint density at radius 1 is 1.02 bits per heavy atom. The molecule has 40 heavy (non-hydrogen) atoms. The van der Waals surface area contributed by atoms with Crippen LogP contribution in [0.15, 0.2) is 66.9 Å². The summed E-state index contributed by atoms with van der Waals surface area (Å²) < 4.78 is 10.3. The molecule has 0 aliphatic rings. The number of nitrogens with zero attached hydrogens (tertiary/aromatic N) is 4. The number of amides is 1. The Hall–Kier alpha value is -4.85. The van der Waals surface area contributed by atoms with Gasteiger partial charge in [0.15, 0.2) is 15.6 Å². The smallest absolute Gasteiger partial charge is 0.309 e. The quantitative estimate of drug-likeness (QED) is 0.239. The van der Waals surface area contributed by atoms with E-state index < -0.39 is 11.9 Å². The highest BCUT2D eigenvalue weighted by atomic mass is 35.5. The van der Waals surface area contributed by atoms with Crippen molar-refractivity contribution in [2.24, 2.45) is 0 Å². The fraction of sp³-hybridized carbons (Fsp3) is 0.103. The van der Waals surface area contributed by atoms with Crippen molar-refractivity contribution in [3.8, 4) is 34.2 Å². The zero-order valence-electron chi connectivity index (χ0n) is 21.3. The fourth-order valence-corrected chi connectivity index (χ4v) is 5.01. The number of nitrogens with one attached hydrogen (secondary N) is 1. The van der Waals surface area contributed by atoms with Crippen LogP contribution in [0.2, 0.25) is 5.02 Å². The lowest BCUT2D eigenvalue weighted by Gasteiger charge is -2.15. The Kier molecular flexibility index (Phi) is 7.68. The Labute approximate surface area is 238 Å². The van der Waals surface area contributed by atoms with Crippen molar-refractivity contribution < 1.29 is 19.1 Å². The van der Waals surface area contributed by atoms with Crippen molar-refractivity contribution in [2.45, 2.75) is 6.42 Å². The molecule has 0 saturated heterocycles. The van der Waals surface area contributed by atoms with Gasteiger partial charge in [-0.25, -0.2) is 9.97 Å². The average molecular weight is 570 g/mol. The fourth-order valence-electron chi connectivity index (χ4n) is 4.05. The van der Waals surface area contributed by atoms with Crippen LogP contribution in [0.1, 0.15) is 21.5 Å². The highest BCUT2D eigenvalue weighted by Gasteiger charge is 2.20. The molecule has 2 heterocycles. The molecule has 11 heteroatoms. The number of carbonyl (C=O) groups excluding carboxylic acids is 2. The van der Waals surface area contributed by atoms with E-state index in [1.165, 1.54) is 25.6 Å². The first-order valence-electron chi connectivity index (χ1n) is 11.9. The standard InChI is InChI=1S/C29H20ClN5O4S/c1-38-24-10-8-19(30)13-22(24)21-11-17(12-25(36)39-2)5-9-20(21)27(37)35-29-34-26-28(40-29)33-23(15-32-26)18-6-3-16(14-31)4-7-18/h3-11,13,15H,12H2,1-2H3,(H,32,34,35,37). The second-order valence-electron chi connectivity index (χ2n) is 8.52. The van der Waals surface area contributed by atoms with Gasteiger partial charge in [0.25, 0.3) is 5.91 Å². The predicted octanol–water partition coefficient (Wildman–Crippen LogP) is 5.92. The molecule has 0 saturated carbocycles. The number of benzene rings is 3. The normalized spacial score (nSPS) is 10.7. The van der Waals surface area contributed by atoms with E-state index in [2.05, 4.69) is 26.3 Å². The first kappa shape index (κ1) is 26.7. The summed E-state index contributed by atoms with van der Waals surface area (Å²) in [7, 11) is 2.85. The number of aromatic nitrogens is 3. The number of hydrogen-bond acceptors (Lipinski definition) is 9. The molecule has 0 spiro atoms. The van der Waals surface area contributed by atoms with Gasteiger partial charge in [-0.3, -0.25) is 14.9 Å². The third kappa shape index (κ3) is 5.61. The Balaban J connectivity index is 1.49. The van der Waals surface area contributed by atoms with Gasteiger partial charge in [0, 0.05) is 21.7 Å². The van der Waals surface area contributed by atoms with E-state index in [4.69, 9.17) is 26.3 Å². The van der Waals surface area contributed by atoms with E-state index in [-0.39, 0.29) is 6.42 Å². The molecule has 0 aliphatic heterocycles. The molecule has 3 aromatic carbocycles. The molecule has 2 aromatic heterocycles. The lowest BCUT2D eigenvalue weighted by atomic mass is 9.95. The Morgan fingerprint density at radius 3 is 2.55 bits per heavy atom. The van der Waals surface area contributed by atoms with Gasteiger partial charge in [0.05, 0.1) is 44.2 Å². The van der Waals surface area contributed by atoms with Crippen LogP contribution in [0.3, 0.4) is 0 Å². The highest BCUT2D eigenvalue weighted by molar-refractivity contribution is 7.21. The van der Waals surface area contributed by atoms with Gasteiger partial charge in [0.1, 0.15) is 5.75 Å². The molecule has 198 valence electrons. The SMILES string of the molecule is COC(=O)Cc1ccc(C(=O)Nc2nc3ncc(-c4ccc(C#N)cc4)nc3s2)c(-c2cc(Cl)ccc2OC)c1. The monoisotopic (exact) mass is 569 g/mol. The Morgan fingerprint density at radius 2 is 1.82 bits per heavy atom. The van der Waals surface area contributed by atoms with Gasteiger partial charge in [-0.05, 0) is 53.6 Å². The largest absolute Gasteiger partial charge is 0.496 e. The maximum atomic E-state index is 13.5. The number of fused-ring (bicyclic) bond motifs is 1. The van der Waals surface area contributed by atoms with Gasteiger partial charge < -0.3 is 9.47 Å². The molecule has 0 bridgehead atoms. The highest BCUT2D eigenvalue weighted by Crippen LogP contribution is 2.36. The minimum Gasteiger partial charge on any atom is -0.496 e. The summed E-state index contributed by atoms with van der Waals surface area (Å²) in [6, 6.07) is 19.3. The van der Waals surface area contributed by atoms with E-state index >= 15 is 0 Å². The molecule has 1 amide bonds. The average Bonchev–Trinajstić information content (AvgIpc) is 3.38. The van der Waals surface area contributed by atoms with E-state index in [1.54, 1.807) is 66.9 Å². The van der Waals surface area contributed by atoms with E-state index in [0.29, 0.717) is 59.9 Å². The summed E-state index contributed by atoms with van der Waals surface area (Å²) in [4.78, 5) is 39.4. The number of ether oxygens (including phenoxy) is 2. The first-order chi connectivity index (χ1) is 19.4. The number of nitriles is 1. The van der Waals surface area contributed by atoms with Crippen molar-refractivity contribution in [3.05, 3.63) is 88.6 Å². The number of rotatable bonds is 7. The minimum absolute atomic E-state index is 0.0328. The molecule has 9 nitrogen and oxygen atoms in total. The summed E-state index contributed by atoms with van der Waals surface area (Å²) in [5, 5.41) is 12.6. The van der Waals surface area contributed by atoms with Crippen LogP contribution in [0.5, 0.6) is 5.75 Å². The number of esters is 1. The first-order valence-corrected chi connectivity index (χ1v) is 13.1. The molecule has 0 aliphatic carbocycles. The van der Waals surface area contributed by atoms with Gasteiger partial charge in [-0.1, -0.05) is 41.1 Å². The zero-order valence-corrected chi connectivity index (χ0v) is 22.8. The van der Waals surface area contributed by atoms with E-state index in [0.717, 1.165) is 5.56 Å². The molecule has 0 unspecified atom stereocenters. The second-order valence-corrected chi connectivity index (χ2v) is 9.94. The number of thiazole rings is 1.